The van der Waals surface area contributed by atoms with Crippen molar-refractivity contribution in [2.45, 2.75) is 25.9 Å². The van der Waals surface area contributed by atoms with E-state index in [0.29, 0.717) is 22.8 Å². The monoisotopic (exact) mass is 411 g/mol. The van der Waals surface area contributed by atoms with E-state index in [4.69, 9.17) is 4.98 Å². The van der Waals surface area contributed by atoms with Crippen LogP contribution in [0.25, 0.3) is 27.8 Å². The highest BCUT2D eigenvalue weighted by Gasteiger charge is 2.31. The van der Waals surface area contributed by atoms with E-state index in [1.807, 2.05) is 24.3 Å². The van der Waals surface area contributed by atoms with Gasteiger partial charge in [-0.05, 0) is 43.0 Å². The van der Waals surface area contributed by atoms with Crippen LogP contribution in [0.3, 0.4) is 0 Å². The number of hydrogen-bond donors (Lipinski definition) is 0. The van der Waals surface area contributed by atoms with Crippen molar-refractivity contribution in [1.82, 2.24) is 19.8 Å². The Hall–Kier alpha value is -3.16. The van der Waals surface area contributed by atoms with E-state index in [9.17, 15) is 13.2 Å². The van der Waals surface area contributed by atoms with Gasteiger partial charge in [0.05, 0.1) is 11.1 Å². The summed E-state index contributed by atoms with van der Waals surface area (Å²) in [4.78, 5) is 7.14. The van der Waals surface area contributed by atoms with Gasteiger partial charge in [-0.25, -0.2) is 4.98 Å². The number of benzene rings is 2. The largest absolute Gasteiger partial charge is 0.416 e. The summed E-state index contributed by atoms with van der Waals surface area (Å²) in [5.41, 5.74) is 1.27. The minimum absolute atomic E-state index is 0.346. The van der Waals surface area contributed by atoms with Crippen LogP contribution in [0.5, 0.6) is 0 Å². The van der Waals surface area contributed by atoms with Crippen molar-refractivity contribution in [2.24, 2.45) is 5.92 Å². The summed E-state index contributed by atoms with van der Waals surface area (Å²) in [7, 11) is 0. The molecule has 0 unspecified atom stereocenters. The fourth-order valence-electron chi connectivity index (χ4n) is 4.20. The van der Waals surface area contributed by atoms with Gasteiger partial charge < -0.3 is 4.90 Å². The van der Waals surface area contributed by atoms with E-state index in [0.717, 1.165) is 48.4 Å². The molecule has 0 bridgehead atoms. The Bertz CT molecular complexity index is 1230. The summed E-state index contributed by atoms with van der Waals surface area (Å²) in [6, 6.07) is 13.0. The molecular formula is C22H20F3N5. The summed E-state index contributed by atoms with van der Waals surface area (Å²) >= 11 is 0. The molecule has 4 aromatic rings. The van der Waals surface area contributed by atoms with Gasteiger partial charge in [-0.2, -0.15) is 17.7 Å². The molecule has 0 radical (unpaired) electrons. The van der Waals surface area contributed by atoms with Gasteiger partial charge in [0.25, 0.3) is 0 Å². The molecule has 0 amide bonds. The van der Waals surface area contributed by atoms with Gasteiger partial charge in [-0.3, -0.25) is 0 Å². The zero-order valence-corrected chi connectivity index (χ0v) is 16.4. The number of halogens is 3. The van der Waals surface area contributed by atoms with Crippen LogP contribution in [0.4, 0.5) is 19.0 Å². The predicted octanol–water partition coefficient (Wildman–Crippen LogP) is 5.20. The van der Waals surface area contributed by atoms with Crippen molar-refractivity contribution in [3.63, 3.8) is 0 Å². The number of aromatic nitrogens is 4. The van der Waals surface area contributed by atoms with Gasteiger partial charge in [0.15, 0.2) is 5.65 Å². The Labute approximate surface area is 171 Å². The molecule has 3 heterocycles. The molecule has 5 rings (SSSR count). The van der Waals surface area contributed by atoms with Gasteiger partial charge in [0, 0.05) is 24.0 Å². The highest BCUT2D eigenvalue weighted by atomic mass is 19.4. The summed E-state index contributed by atoms with van der Waals surface area (Å²) < 4.78 is 41.2. The van der Waals surface area contributed by atoms with Crippen molar-refractivity contribution in [3.8, 4) is 11.3 Å². The zero-order chi connectivity index (χ0) is 20.9. The van der Waals surface area contributed by atoms with E-state index in [-0.39, 0.29) is 0 Å². The molecule has 1 aliphatic rings. The standard InChI is InChI=1S/C22H20F3N5/c1-14-6-5-11-29(13-14)20-17-9-2-3-10-18(17)30-21(26-20)19(27-28-30)15-7-4-8-16(12-15)22(23,24)25/h2-4,7-10,12,14H,5-6,11,13H2,1H3/t14-/m0/s1. The van der Waals surface area contributed by atoms with Gasteiger partial charge in [0.1, 0.15) is 11.5 Å². The fourth-order valence-corrected chi connectivity index (χ4v) is 4.20. The minimum Gasteiger partial charge on any atom is -0.356 e. The molecule has 2 aromatic heterocycles. The average Bonchev–Trinajstić information content (AvgIpc) is 3.17. The highest BCUT2D eigenvalue weighted by molar-refractivity contribution is 5.93. The third-order valence-corrected chi connectivity index (χ3v) is 5.65. The topological polar surface area (TPSA) is 46.3 Å². The van der Waals surface area contributed by atoms with Crippen LogP contribution in [-0.2, 0) is 6.18 Å². The van der Waals surface area contributed by atoms with Crippen LogP contribution in [0.15, 0.2) is 48.5 Å². The maximum absolute atomic E-state index is 13.2. The van der Waals surface area contributed by atoms with Crippen LogP contribution >= 0.6 is 0 Å². The van der Waals surface area contributed by atoms with Crippen LogP contribution in [0, 0.1) is 5.92 Å². The lowest BCUT2D eigenvalue weighted by atomic mass is 10.00. The van der Waals surface area contributed by atoms with Gasteiger partial charge in [-0.1, -0.05) is 36.4 Å². The first-order valence-corrected chi connectivity index (χ1v) is 9.98. The highest BCUT2D eigenvalue weighted by Crippen LogP contribution is 2.35. The number of fused-ring (bicyclic) bond motifs is 3. The van der Waals surface area contributed by atoms with E-state index >= 15 is 0 Å². The lowest BCUT2D eigenvalue weighted by Crippen LogP contribution is -2.35. The molecule has 1 aliphatic heterocycles. The summed E-state index contributed by atoms with van der Waals surface area (Å²) in [6.45, 7) is 4.02. The summed E-state index contributed by atoms with van der Waals surface area (Å²) in [6.07, 6.45) is -2.16. The number of anilines is 1. The first-order valence-electron chi connectivity index (χ1n) is 9.98. The lowest BCUT2D eigenvalue weighted by molar-refractivity contribution is -0.137. The van der Waals surface area contributed by atoms with Gasteiger partial charge >= 0.3 is 6.18 Å². The molecule has 154 valence electrons. The van der Waals surface area contributed by atoms with Crippen molar-refractivity contribution in [3.05, 3.63) is 54.1 Å². The van der Waals surface area contributed by atoms with E-state index in [2.05, 4.69) is 22.1 Å². The summed E-state index contributed by atoms with van der Waals surface area (Å²) in [5.74, 6) is 1.39. The SMILES string of the molecule is C[C@H]1CCCN(c2nc3c(-c4cccc(C(F)(F)F)c4)nnn3c3ccccc23)C1. The second-order valence-electron chi connectivity index (χ2n) is 7.90. The quantitative estimate of drug-likeness (QED) is 0.455. The Morgan fingerprint density at radius 3 is 2.70 bits per heavy atom. The number of piperidine rings is 1. The van der Waals surface area contributed by atoms with Crippen LogP contribution in [-0.4, -0.2) is 32.9 Å². The van der Waals surface area contributed by atoms with Crippen molar-refractivity contribution < 1.29 is 13.2 Å². The second-order valence-corrected chi connectivity index (χ2v) is 7.90. The fraction of sp³-hybridized carbons (Fsp3) is 0.318. The molecule has 1 fully saturated rings. The molecular weight excluding hydrogens is 391 g/mol. The van der Waals surface area contributed by atoms with Crippen LogP contribution < -0.4 is 4.90 Å². The van der Waals surface area contributed by atoms with Gasteiger partial charge in [0.2, 0.25) is 0 Å². The molecule has 0 spiro atoms. The first-order chi connectivity index (χ1) is 14.4. The number of rotatable bonds is 2. The van der Waals surface area contributed by atoms with Crippen molar-refractivity contribution in [2.75, 3.05) is 18.0 Å². The van der Waals surface area contributed by atoms with E-state index in [1.54, 1.807) is 10.6 Å². The third kappa shape index (κ3) is 3.16. The molecule has 5 nitrogen and oxygen atoms in total. The lowest BCUT2D eigenvalue weighted by Gasteiger charge is -2.32. The number of alkyl halides is 3. The smallest absolute Gasteiger partial charge is 0.356 e. The maximum Gasteiger partial charge on any atom is 0.416 e. The molecule has 8 heteroatoms. The number of nitrogens with zero attached hydrogens (tertiary/aromatic N) is 5. The first kappa shape index (κ1) is 18.8. The Balaban J connectivity index is 1.73. The molecule has 0 aliphatic carbocycles. The minimum atomic E-state index is -4.42. The van der Waals surface area contributed by atoms with Crippen LogP contribution in [0.2, 0.25) is 0 Å². The molecule has 1 saturated heterocycles. The predicted molar refractivity (Wildman–Crippen MR) is 109 cm³/mol. The number of hydrogen-bond acceptors (Lipinski definition) is 4. The molecule has 2 aromatic carbocycles. The Kier molecular flexibility index (Phi) is 4.38. The van der Waals surface area contributed by atoms with Gasteiger partial charge in [-0.15, -0.1) is 5.10 Å². The maximum atomic E-state index is 13.2. The Morgan fingerprint density at radius 1 is 1.07 bits per heavy atom. The molecule has 1 atom stereocenters. The Morgan fingerprint density at radius 2 is 1.90 bits per heavy atom. The second kappa shape index (κ2) is 6.97. The van der Waals surface area contributed by atoms with Crippen molar-refractivity contribution in [1.29, 1.82) is 0 Å². The normalized spacial score (nSPS) is 17.7. The van der Waals surface area contributed by atoms with E-state index in [1.165, 1.54) is 12.5 Å². The van der Waals surface area contributed by atoms with E-state index < -0.39 is 11.7 Å². The third-order valence-electron chi connectivity index (χ3n) is 5.65. The van der Waals surface area contributed by atoms with Crippen LogP contribution in [0.1, 0.15) is 25.3 Å². The number of para-hydroxylation sites is 1. The zero-order valence-electron chi connectivity index (χ0n) is 16.4. The molecule has 0 N–H and O–H groups in total. The van der Waals surface area contributed by atoms with Crippen molar-refractivity contribution >= 4 is 22.4 Å². The molecule has 30 heavy (non-hydrogen) atoms. The molecule has 0 saturated carbocycles. The summed E-state index contributed by atoms with van der Waals surface area (Å²) in [5, 5.41) is 9.38. The average molecular weight is 411 g/mol.